The average molecular weight is 334 g/mol. The second-order valence-electron chi connectivity index (χ2n) is 4.61. The molecule has 4 nitrogen and oxygen atoms in total. The summed E-state index contributed by atoms with van der Waals surface area (Å²) in [7, 11) is 0. The summed E-state index contributed by atoms with van der Waals surface area (Å²) in [5, 5.41) is 2.81. The number of carbonyl (C=O) groups excluding carboxylic acids is 2. The lowest BCUT2D eigenvalue weighted by molar-refractivity contribution is -0.152. The highest BCUT2D eigenvalue weighted by Gasteiger charge is 2.27. The number of hydrogen-bond acceptors (Lipinski definition) is 5. The van der Waals surface area contributed by atoms with Gasteiger partial charge in [-0.15, -0.1) is 23.1 Å². The lowest BCUT2D eigenvalue weighted by Gasteiger charge is -2.12. The van der Waals surface area contributed by atoms with Crippen LogP contribution in [0, 0.1) is 0 Å². The molecule has 1 aromatic heterocycles. The average Bonchev–Trinajstić information content (AvgIpc) is 3.10. The first-order chi connectivity index (χ1) is 9.54. The lowest BCUT2D eigenvalue weighted by Crippen LogP contribution is -2.37. The van der Waals surface area contributed by atoms with Crippen LogP contribution in [0.1, 0.15) is 24.6 Å². The molecule has 1 saturated carbocycles. The van der Waals surface area contributed by atoms with Gasteiger partial charge in [-0.05, 0) is 31.9 Å². The van der Waals surface area contributed by atoms with Crippen LogP contribution < -0.4 is 5.32 Å². The monoisotopic (exact) mass is 333 g/mol. The number of nitrogens with one attached hydrogen (secondary N) is 1. The SMILES string of the molecule is C[C@H](OC(=O)CSCc1ccc(Cl)s1)C(=O)NC1CC1. The van der Waals surface area contributed by atoms with Gasteiger partial charge in [0.2, 0.25) is 0 Å². The Hall–Kier alpha value is -0.720. The Morgan fingerprint density at radius 1 is 1.55 bits per heavy atom. The number of thiophene rings is 1. The highest BCUT2D eigenvalue weighted by Crippen LogP contribution is 2.25. The molecule has 1 amide bonds. The Labute approximate surface area is 131 Å². The minimum absolute atomic E-state index is 0.212. The van der Waals surface area contributed by atoms with E-state index < -0.39 is 6.10 Å². The van der Waals surface area contributed by atoms with Crippen LogP contribution in [0.5, 0.6) is 0 Å². The fourth-order valence-electron chi connectivity index (χ4n) is 1.50. The molecular formula is C13H16ClNO3S2. The Kier molecular flexibility index (Phi) is 5.74. The molecule has 1 aliphatic carbocycles. The summed E-state index contributed by atoms with van der Waals surface area (Å²) in [5.74, 6) is 0.373. The summed E-state index contributed by atoms with van der Waals surface area (Å²) in [5.41, 5.74) is 0. The van der Waals surface area contributed by atoms with Crippen molar-refractivity contribution in [2.24, 2.45) is 0 Å². The van der Waals surface area contributed by atoms with Crippen molar-refractivity contribution in [3.8, 4) is 0 Å². The Morgan fingerprint density at radius 2 is 2.30 bits per heavy atom. The van der Waals surface area contributed by atoms with Crippen molar-refractivity contribution in [3.05, 3.63) is 21.3 Å². The minimum atomic E-state index is -0.722. The normalized spacial score (nSPS) is 15.7. The second kappa shape index (κ2) is 7.33. The molecule has 0 aliphatic heterocycles. The van der Waals surface area contributed by atoms with Gasteiger partial charge in [-0.2, -0.15) is 0 Å². The predicted octanol–water partition coefficient (Wildman–Crippen LogP) is 2.85. The first-order valence-electron chi connectivity index (χ1n) is 6.36. The first-order valence-corrected chi connectivity index (χ1v) is 8.71. The third-order valence-corrected chi connectivity index (χ3v) is 5.06. The maximum atomic E-state index is 11.6. The van der Waals surface area contributed by atoms with Crippen LogP contribution in [0.2, 0.25) is 4.34 Å². The molecule has 1 aromatic rings. The summed E-state index contributed by atoms with van der Waals surface area (Å²) in [6.45, 7) is 1.60. The van der Waals surface area contributed by atoms with Crippen molar-refractivity contribution < 1.29 is 14.3 Å². The summed E-state index contributed by atoms with van der Waals surface area (Å²) < 4.78 is 5.83. The maximum Gasteiger partial charge on any atom is 0.316 e. The predicted molar refractivity (Wildman–Crippen MR) is 82.2 cm³/mol. The number of halogens is 1. The molecule has 1 atom stereocenters. The highest BCUT2D eigenvalue weighted by molar-refractivity contribution is 7.99. The standard InChI is InChI=1S/C13H16ClNO3S2/c1-8(13(17)15-9-2-3-9)18-12(16)7-19-6-10-4-5-11(14)20-10/h4-5,8-9H,2-3,6-7H2,1H3,(H,15,17)/t8-/m0/s1. The fourth-order valence-corrected chi connectivity index (χ4v) is 3.50. The molecule has 1 fully saturated rings. The number of carbonyl (C=O) groups is 2. The molecule has 20 heavy (non-hydrogen) atoms. The van der Waals surface area contributed by atoms with E-state index in [-0.39, 0.29) is 23.7 Å². The zero-order chi connectivity index (χ0) is 14.5. The van der Waals surface area contributed by atoms with Gasteiger partial charge < -0.3 is 10.1 Å². The van der Waals surface area contributed by atoms with E-state index in [2.05, 4.69) is 5.32 Å². The number of ether oxygens (including phenoxy) is 1. The second-order valence-corrected chi connectivity index (χ2v) is 7.40. The van der Waals surface area contributed by atoms with Crippen LogP contribution >= 0.6 is 34.7 Å². The minimum Gasteiger partial charge on any atom is -0.452 e. The Bertz CT molecular complexity index is 488. The maximum absolute atomic E-state index is 11.6. The quantitative estimate of drug-likeness (QED) is 0.780. The molecule has 0 radical (unpaired) electrons. The molecule has 1 N–H and O–H groups in total. The van der Waals surface area contributed by atoms with Crippen LogP contribution in [0.25, 0.3) is 0 Å². The van der Waals surface area contributed by atoms with Crippen LogP contribution in [0.15, 0.2) is 12.1 Å². The molecule has 7 heteroatoms. The van der Waals surface area contributed by atoms with Gasteiger partial charge >= 0.3 is 5.97 Å². The van der Waals surface area contributed by atoms with Gasteiger partial charge in [-0.3, -0.25) is 9.59 Å². The molecule has 0 spiro atoms. The third-order valence-electron chi connectivity index (χ3n) is 2.69. The van der Waals surface area contributed by atoms with Crippen LogP contribution in [0.4, 0.5) is 0 Å². The summed E-state index contributed by atoms with van der Waals surface area (Å²) >= 11 is 8.78. The van der Waals surface area contributed by atoms with Gasteiger partial charge in [0, 0.05) is 16.7 Å². The van der Waals surface area contributed by atoms with E-state index in [0.717, 1.165) is 27.8 Å². The molecular weight excluding hydrogens is 318 g/mol. The number of esters is 1. The van der Waals surface area contributed by atoms with Crippen LogP contribution in [0.3, 0.4) is 0 Å². The zero-order valence-electron chi connectivity index (χ0n) is 11.1. The van der Waals surface area contributed by atoms with E-state index in [1.165, 1.54) is 23.1 Å². The topological polar surface area (TPSA) is 55.4 Å². The van der Waals surface area contributed by atoms with Crippen molar-refractivity contribution in [1.82, 2.24) is 5.32 Å². The molecule has 2 rings (SSSR count). The van der Waals surface area contributed by atoms with Gasteiger partial charge in [-0.1, -0.05) is 11.6 Å². The van der Waals surface area contributed by atoms with Crippen molar-refractivity contribution in [3.63, 3.8) is 0 Å². The van der Waals surface area contributed by atoms with E-state index >= 15 is 0 Å². The molecule has 1 heterocycles. The van der Waals surface area contributed by atoms with Crippen molar-refractivity contribution in [2.75, 3.05) is 5.75 Å². The summed E-state index contributed by atoms with van der Waals surface area (Å²) in [6.07, 6.45) is 1.32. The molecule has 1 aliphatic rings. The first kappa shape index (κ1) is 15.7. The fraction of sp³-hybridized carbons (Fsp3) is 0.538. The number of hydrogen-bond donors (Lipinski definition) is 1. The zero-order valence-corrected chi connectivity index (χ0v) is 13.4. The highest BCUT2D eigenvalue weighted by atomic mass is 35.5. The van der Waals surface area contributed by atoms with Crippen molar-refractivity contribution >= 4 is 46.6 Å². The molecule has 0 aromatic carbocycles. The van der Waals surface area contributed by atoms with Gasteiger partial charge in [0.15, 0.2) is 6.10 Å². The van der Waals surface area contributed by atoms with E-state index in [1.54, 1.807) is 6.92 Å². The number of rotatable bonds is 7. The number of thioether (sulfide) groups is 1. The van der Waals surface area contributed by atoms with Gasteiger partial charge in [0.25, 0.3) is 5.91 Å². The molecule has 0 unspecified atom stereocenters. The number of amides is 1. The van der Waals surface area contributed by atoms with Gasteiger partial charge in [0.1, 0.15) is 0 Å². The van der Waals surface area contributed by atoms with E-state index in [1.807, 2.05) is 12.1 Å². The summed E-state index contributed by atoms with van der Waals surface area (Å²) in [6, 6.07) is 4.06. The van der Waals surface area contributed by atoms with Gasteiger partial charge in [-0.25, -0.2) is 0 Å². The van der Waals surface area contributed by atoms with E-state index in [4.69, 9.17) is 16.3 Å². The van der Waals surface area contributed by atoms with E-state index in [0.29, 0.717) is 0 Å². The Morgan fingerprint density at radius 3 is 2.90 bits per heavy atom. The van der Waals surface area contributed by atoms with Crippen molar-refractivity contribution in [1.29, 1.82) is 0 Å². The Balaban J connectivity index is 1.62. The smallest absolute Gasteiger partial charge is 0.316 e. The molecule has 0 saturated heterocycles. The van der Waals surface area contributed by atoms with Crippen molar-refractivity contribution in [2.45, 2.75) is 37.7 Å². The molecule has 110 valence electrons. The van der Waals surface area contributed by atoms with E-state index in [9.17, 15) is 9.59 Å². The third kappa shape index (κ3) is 5.34. The van der Waals surface area contributed by atoms with Crippen LogP contribution in [-0.2, 0) is 20.1 Å². The summed E-state index contributed by atoms with van der Waals surface area (Å²) in [4.78, 5) is 24.3. The lowest BCUT2D eigenvalue weighted by atomic mass is 10.3. The molecule has 0 bridgehead atoms. The van der Waals surface area contributed by atoms with Gasteiger partial charge in [0.05, 0.1) is 10.1 Å². The van der Waals surface area contributed by atoms with Crippen LogP contribution in [-0.4, -0.2) is 29.8 Å². The largest absolute Gasteiger partial charge is 0.452 e.